The van der Waals surface area contributed by atoms with E-state index in [-0.39, 0.29) is 17.6 Å². The van der Waals surface area contributed by atoms with Crippen LogP contribution in [-0.2, 0) is 17.8 Å². The van der Waals surface area contributed by atoms with Crippen LogP contribution < -0.4 is 5.32 Å². The summed E-state index contributed by atoms with van der Waals surface area (Å²) in [5, 5.41) is 15.3. The predicted octanol–water partition coefficient (Wildman–Crippen LogP) is 1.06. The molecule has 3 rings (SSSR count). The summed E-state index contributed by atoms with van der Waals surface area (Å²) in [4.78, 5) is 16.2. The van der Waals surface area contributed by atoms with E-state index < -0.39 is 0 Å². The number of aryl methyl sites for hydroxylation is 1. The van der Waals surface area contributed by atoms with Gasteiger partial charge in [-0.25, -0.2) is 9.67 Å². The Hall–Kier alpha value is -2.23. The molecule has 2 aliphatic heterocycles. The van der Waals surface area contributed by atoms with Gasteiger partial charge in [0.1, 0.15) is 12.2 Å². The second-order valence-corrected chi connectivity index (χ2v) is 5.55. The minimum Gasteiger partial charge on any atom is -0.351 e. The largest absolute Gasteiger partial charge is 0.351 e. The lowest BCUT2D eigenvalue weighted by Gasteiger charge is -2.23. The molecule has 0 fully saturated rings. The van der Waals surface area contributed by atoms with E-state index in [1.165, 1.54) is 0 Å². The average Bonchev–Trinajstić information content (AvgIpc) is 3.11. The molecule has 110 valence electrons. The van der Waals surface area contributed by atoms with Gasteiger partial charge in [-0.05, 0) is 6.42 Å². The zero-order valence-electron chi connectivity index (χ0n) is 11.8. The predicted molar refractivity (Wildman–Crippen MR) is 75.2 cm³/mol. The number of hydrogen-bond donors (Lipinski definition) is 1. The molecule has 7 heteroatoms. The number of aromatic nitrogens is 3. The first kappa shape index (κ1) is 13.7. The molecule has 1 N–H and O–H groups in total. The number of hydrogen-bond acceptors (Lipinski definition) is 5. The fourth-order valence-electron chi connectivity index (χ4n) is 2.64. The van der Waals surface area contributed by atoms with Gasteiger partial charge in [-0.3, -0.25) is 4.79 Å². The molecule has 1 atom stereocenters. The molecular formula is C14H18N6O. The first-order valence-electron chi connectivity index (χ1n) is 7.24. The van der Waals surface area contributed by atoms with Crippen LogP contribution in [0.15, 0.2) is 16.6 Å². The molecule has 1 unspecified atom stereocenters. The van der Waals surface area contributed by atoms with Crippen molar-refractivity contribution in [2.24, 2.45) is 10.2 Å². The second-order valence-electron chi connectivity index (χ2n) is 5.55. The molecule has 2 aliphatic rings. The Morgan fingerprint density at radius 2 is 2.38 bits per heavy atom. The van der Waals surface area contributed by atoms with Gasteiger partial charge in [-0.15, -0.1) is 12.3 Å². The van der Waals surface area contributed by atoms with Crippen molar-refractivity contribution in [1.29, 1.82) is 0 Å². The summed E-state index contributed by atoms with van der Waals surface area (Å²) in [6.45, 7) is 0.693. The molecule has 1 aromatic heterocycles. The van der Waals surface area contributed by atoms with Crippen molar-refractivity contribution in [3.05, 3.63) is 12.2 Å². The van der Waals surface area contributed by atoms with Crippen molar-refractivity contribution in [1.82, 2.24) is 20.1 Å². The number of rotatable bonds is 6. The van der Waals surface area contributed by atoms with Crippen LogP contribution in [0.5, 0.6) is 0 Å². The lowest BCUT2D eigenvalue weighted by molar-refractivity contribution is -0.122. The number of nitrogens with one attached hydrogen (secondary N) is 1. The molecule has 1 aromatic rings. The van der Waals surface area contributed by atoms with E-state index in [9.17, 15) is 4.79 Å². The van der Waals surface area contributed by atoms with Gasteiger partial charge >= 0.3 is 0 Å². The molecule has 21 heavy (non-hydrogen) atoms. The molecule has 0 radical (unpaired) electrons. The SMILES string of the molecule is C#CCCC1(CCC(=O)NC2CCc3ncnn3C2)N=N1. The molecule has 0 bridgehead atoms. The van der Waals surface area contributed by atoms with Crippen molar-refractivity contribution < 1.29 is 4.79 Å². The number of carbonyl (C=O) groups excluding carboxylic acids is 1. The fourth-order valence-corrected chi connectivity index (χ4v) is 2.64. The quantitative estimate of drug-likeness (QED) is 0.794. The number of terminal acetylenes is 1. The van der Waals surface area contributed by atoms with E-state index in [4.69, 9.17) is 6.42 Å². The zero-order chi connectivity index (χ0) is 14.7. The molecular weight excluding hydrogens is 268 g/mol. The van der Waals surface area contributed by atoms with Crippen LogP contribution in [0, 0.1) is 12.3 Å². The van der Waals surface area contributed by atoms with E-state index >= 15 is 0 Å². The molecule has 0 aromatic carbocycles. The molecule has 7 nitrogen and oxygen atoms in total. The summed E-state index contributed by atoms with van der Waals surface area (Å²) >= 11 is 0. The standard InChI is InChI=1S/C14H18N6O/c1-2-3-7-14(18-19-14)8-6-13(21)17-11-4-5-12-15-10-16-20(12)9-11/h1,10-11H,3-9H2,(H,17,21). The van der Waals surface area contributed by atoms with E-state index in [2.05, 4.69) is 31.5 Å². The van der Waals surface area contributed by atoms with Crippen molar-refractivity contribution in [3.63, 3.8) is 0 Å². The summed E-state index contributed by atoms with van der Waals surface area (Å²) in [7, 11) is 0. The Morgan fingerprint density at radius 3 is 3.14 bits per heavy atom. The Morgan fingerprint density at radius 1 is 1.52 bits per heavy atom. The van der Waals surface area contributed by atoms with Crippen LogP contribution in [0.1, 0.15) is 37.9 Å². The Balaban J connectivity index is 1.42. The smallest absolute Gasteiger partial charge is 0.220 e. The third-order valence-electron chi connectivity index (χ3n) is 3.98. The normalized spacial score (nSPS) is 21.4. The topological polar surface area (TPSA) is 84.5 Å². The van der Waals surface area contributed by atoms with Crippen molar-refractivity contribution >= 4 is 5.91 Å². The average molecular weight is 286 g/mol. The number of carbonyl (C=O) groups is 1. The van der Waals surface area contributed by atoms with Crippen molar-refractivity contribution in [3.8, 4) is 12.3 Å². The van der Waals surface area contributed by atoms with Crippen LogP contribution in [0.2, 0.25) is 0 Å². The molecule has 0 saturated carbocycles. The highest BCUT2D eigenvalue weighted by Gasteiger charge is 2.39. The summed E-state index contributed by atoms with van der Waals surface area (Å²) in [5.74, 6) is 3.62. The Labute approximate surface area is 123 Å². The van der Waals surface area contributed by atoms with E-state index in [1.54, 1.807) is 6.33 Å². The first-order valence-corrected chi connectivity index (χ1v) is 7.24. The highest BCUT2D eigenvalue weighted by atomic mass is 16.1. The van der Waals surface area contributed by atoms with Crippen LogP contribution in [0.4, 0.5) is 0 Å². The third kappa shape index (κ3) is 3.27. The van der Waals surface area contributed by atoms with Crippen LogP contribution >= 0.6 is 0 Å². The van der Waals surface area contributed by atoms with E-state index in [1.807, 2.05) is 4.68 Å². The van der Waals surface area contributed by atoms with Gasteiger partial charge in [0.05, 0.1) is 6.54 Å². The molecule has 0 saturated heterocycles. The van der Waals surface area contributed by atoms with E-state index in [0.29, 0.717) is 25.8 Å². The minimum atomic E-state index is -0.380. The van der Waals surface area contributed by atoms with Crippen molar-refractivity contribution in [2.45, 2.75) is 56.8 Å². The van der Waals surface area contributed by atoms with Crippen LogP contribution in [-0.4, -0.2) is 32.4 Å². The maximum absolute atomic E-state index is 12.0. The number of amides is 1. The maximum atomic E-state index is 12.0. The first-order chi connectivity index (χ1) is 10.2. The summed E-state index contributed by atoms with van der Waals surface area (Å²) in [6.07, 6.45) is 11.0. The fraction of sp³-hybridized carbons (Fsp3) is 0.643. The summed E-state index contributed by atoms with van der Waals surface area (Å²) < 4.78 is 1.86. The van der Waals surface area contributed by atoms with Crippen LogP contribution in [0.3, 0.4) is 0 Å². The molecule has 3 heterocycles. The Bertz CT molecular complexity index is 593. The minimum absolute atomic E-state index is 0.0425. The van der Waals surface area contributed by atoms with Gasteiger partial charge in [-0.1, -0.05) is 0 Å². The van der Waals surface area contributed by atoms with Gasteiger partial charge in [0, 0.05) is 38.1 Å². The van der Waals surface area contributed by atoms with Gasteiger partial charge in [0.2, 0.25) is 5.91 Å². The summed E-state index contributed by atoms with van der Waals surface area (Å²) in [5.41, 5.74) is -0.380. The highest BCUT2D eigenvalue weighted by molar-refractivity contribution is 5.76. The summed E-state index contributed by atoms with van der Waals surface area (Å²) in [6, 6.07) is 0.126. The Kier molecular flexibility index (Phi) is 3.69. The van der Waals surface area contributed by atoms with Gasteiger partial charge < -0.3 is 5.32 Å². The third-order valence-corrected chi connectivity index (χ3v) is 3.98. The van der Waals surface area contributed by atoms with E-state index in [0.717, 1.165) is 25.1 Å². The highest BCUT2D eigenvalue weighted by Crippen LogP contribution is 2.37. The zero-order valence-corrected chi connectivity index (χ0v) is 11.8. The van der Waals surface area contributed by atoms with Gasteiger partial charge in [0.15, 0.2) is 5.66 Å². The molecule has 0 aliphatic carbocycles. The van der Waals surface area contributed by atoms with Crippen molar-refractivity contribution in [2.75, 3.05) is 0 Å². The maximum Gasteiger partial charge on any atom is 0.220 e. The second kappa shape index (κ2) is 5.64. The molecule has 1 amide bonds. The number of nitrogens with zero attached hydrogens (tertiary/aromatic N) is 5. The number of fused-ring (bicyclic) bond motifs is 1. The lowest BCUT2D eigenvalue weighted by atomic mass is 10.0. The monoisotopic (exact) mass is 286 g/mol. The van der Waals surface area contributed by atoms with Gasteiger partial charge in [0.25, 0.3) is 0 Å². The molecule has 0 spiro atoms. The van der Waals surface area contributed by atoms with Gasteiger partial charge in [-0.2, -0.15) is 15.3 Å². The van der Waals surface area contributed by atoms with Crippen LogP contribution in [0.25, 0.3) is 0 Å². The lowest BCUT2D eigenvalue weighted by Crippen LogP contribution is -2.41.